The molecule has 0 amide bonds. The molecule has 1 fully saturated rings. The quantitative estimate of drug-likeness (QED) is 0.582. The highest BCUT2D eigenvalue weighted by Gasteiger charge is 2.31. The number of nitrogens with one attached hydrogen (secondary N) is 1. The molecule has 10 heteroatoms. The Bertz CT molecular complexity index is 1020. The molecule has 2 aromatic carbocycles. The first kappa shape index (κ1) is 19.8. The predicted octanol–water partition coefficient (Wildman–Crippen LogP) is 0.778. The van der Waals surface area contributed by atoms with Crippen LogP contribution >= 0.6 is 0 Å². The van der Waals surface area contributed by atoms with Gasteiger partial charge in [0.05, 0.1) is 54.7 Å². The van der Waals surface area contributed by atoms with Gasteiger partial charge in [0.25, 0.3) is 0 Å². The first-order valence-electron chi connectivity index (χ1n) is 8.59. The van der Waals surface area contributed by atoms with Crippen LogP contribution in [0, 0.1) is 21.4 Å². The minimum absolute atomic E-state index is 0.0727. The molecule has 1 heterocycles. The van der Waals surface area contributed by atoms with E-state index in [-0.39, 0.29) is 10.6 Å². The molecule has 0 radical (unpaired) electrons. The van der Waals surface area contributed by atoms with E-state index in [9.17, 15) is 18.5 Å². The lowest BCUT2D eigenvalue weighted by molar-refractivity contribution is -0.883. The van der Waals surface area contributed by atoms with Crippen molar-refractivity contribution in [3.05, 3.63) is 58.1 Å². The van der Waals surface area contributed by atoms with Gasteiger partial charge in [-0.3, -0.25) is 10.1 Å². The Balaban J connectivity index is 1.90. The van der Waals surface area contributed by atoms with Gasteiger partial charge in [0.15, 0.2) is 0 Å². The molecule has 2 aromatic rings. The molecule has 9 nitrogen and oxygen atoms in total. The molecule has 1 aliphatic rings. The van der Waals surface area contributed by atoms with Crippen molar-refractivity contribution in [2.75, 3.05) is 33.2 Å². The Morgan fingerprint density at radius 2 is 1.82 bits per heavy atom. The van der Waals surface area contributed by atoms with E-state index in [1.807, 2.05) is 13.1 Å². The molecule has 0 aliphatic carbocycles. The Morgan fingerprint density at radius 3 is 2.39 bits per heavy atom. The number of nitro benzene ring substituents is 1. The van der Waals surface area contributed by atoms with Crippen molar-refractivity contribution in [1.82, 2.24) is 4.31 Å². The van der Waals surface area contributed by atoms with E-state index >= 15 is 0 Å². The molecular formula is C18H19N4O5S+. The number of hydrogen-bond acceptors (Lipinski definition) is 6. The van der Waals surface area contributed by atoms with E-state index in [0.29, 0.717) is 37.5 Å². The molecule has 28 heavy (non-hydrogen) atoms. The minimum atomic E-state index is -3.82. The van der Waals surface area contributed by atoms with Crippen LogP contribution in [0.2, 0.25) is 0 Å². The number of piperazine rings is 1. The van der Waals surface area contributed by atoms with Gasteiger partial charge in [-0.25, -0.2) is 8.42 Å². The first-order chi connectivity index (χ1) is 13.3. The average Bonchev–Trinajstić information content (AvgIpc) is 2.69. The van der Waals surface area contributed by atoms with Crippen LogP contribution in [0.15, 0.2) is 47.4 Å². The Hall–Kier alpha value is -3.00. The van der Waals surface area contributed by atoms with Gasteiger partial charge in [-0.05, 0) is 36.4 Å². The van der Waals surface area contributed by atoms with Crippen molar-refractivity contribution in [1.29, 1.82) is 5.26 Å². The third-order valence-corrected chi connectivity index (χ3v) is 6.45. The van der Waals surface area contributed by atoms with Gasteiger partial charge < -0.3 is 9.64 Å². The summed E-state index contributed by atoms with van der Waals surface area (Å²) < 4.78 is 32.5. The number of likely N-dealkylation sites (N-methyl/N-ethyl adjacent to an activating group) is 1. The average molecular weight is 403 g/mol. The van der Waals surface area contributed by atoms with Crippen LogP contribution < -0.4 is 9.64 Å². The van der Waals surface area contributed by atoms with E-state index in [1.54, 1.807) is 0 Å². The maximum Gasteiger partial charge on any atom is 0.312 e. The van der Waals surface area contributed by atoms with Gasteiger partial charge in [0.1, 0.15) is 5.75 Å². The lowest BCUT2D eigenvalue weighted by Gasteiger charge is -2.29. The number of hydrogen-bond donors (Lipinski definition) is 1. The van der Waals surface area contributed by atoms with Crippen molar-refractivity contribution in [2.45, 2.75) is 4.90 Å². The van der Waals surface area contributed by atoms with Crippen molar-refractivity contribution in [3.8, 4) is 17.6 Å². The summed E-state index contributed by atoms with van der Waals surface area (Å²) in [5, 5.41) is 20.3. The molecule has 1 N–H and O–H groups in total. The van der Waals surface area contributed by atoms with E-state index in [1.165, 1.54) is 45.6 Å². The van der Waals surface area contributed by atoms with Crippen LogP contribution in [0.25, 0.3) is 0 Å². The summed E-state index contributed by atoms with van der Waals surface area (Å²) in [6.07, 6.45) is 0. The first-order valence-corrected chi connectivity index (χ1v) is 10.0. The number of benzene rings is 2. The minimum Gasteiger partial charge on any atom is -0.450 e. The zero-order valence-corrected chi connectivity index (χ0v) is 16.0. The summed E-state index contributed by atoms with van der Waals surface area (Å²) in [5.41, 5.74) is -0.0116. The summed E-state index contributed by atoms with van der Waals surface area (Å²) in [6, 6.07) is 11.7. The largest absolute Gasteiger partial charge is 0.450 e. The predicted molar refractivity (Wildman–Crippen MR) is 99.7 cm³/mol. The summed E-state index contributed by atoms with van der Waals surface area (Å²) in [5.74, 6) is 0.233. The topological polar surface area (TPSA) is 118 Å². The van der Waals surface area contributed by atoms with Crippen LogP contribution in [-0.2, 0) is 10.0 Å². The standard InChI is InChI=1S/C18H18N4O5S/c1-20-8-10-21(11-9-20)28(25,26)16-6-7-18(17(12-16)22(23)24)27-15-4-2-14(13-19)3-5-15/h2-7,12H,8-11H2,1H3/p+1. The molecule has 0 unspecified atom stereocenters. The SMILES string of the molecule is C[NH+]1CCN(S(=O)(=O)c2ccc(Oc3ccc(C#N)cc3)c([N+](=O)[O-])c2)CC1. The van der Waals surface area contributed by atoms with Crippen LogP contribution in [0.3, 0.4) is 0 Å². The van der Waals surface area contributed by atoms with E-state index < -0.39 is 20.6 Å². The van der Waals surface area contributed by atoms with Crippen molar-refractivity contribution in [3.63, 3.8) is 0 Å². The molecule has 1 aliphatic heterocycles. The van der Waals surface area contributed by atoms with Gasteiger partial charge in [-0.15, -0.1) is 0 Å². The van der Waals surface area contributed by atoms with Gasteiger partial charge in [0.2, 0.25) is 15.8 Å². The fourth-order valence-corrected chi connectivity index (χ4v) is 4.33. The molecule has 146 valence electrons. The Morgan fingerprint density at radius 1 is 1.18 bits per heavy atom. The lowest BCUT2D eigenvalue weighted by atomic mass is 10.2. The zero-order valence-electron chi connectivity index (χ0n) is 15.2. The fraction of sp³-hybridized carbons (Fsp3) is 0.278. The molecule has 1 saturated heterocycles. The number of nitrogens with zero attached hydrogens (tertiary/aromatic N) is 3. The molecule has 0 atom stereocenters. The molecular weight excluding hydrogens is 384 g/mol. The van der Waals surface area contributed by atoms with Crippen LogP contribution in [0.1, 0.15) is 5.56 Å². The van der Waals surface area contributed by atoms with Gasteiger partial charge in [0, 0.05) is 6.07 Å². The van der Waals surface area contributed by atoms with Crippen LogP contribution in [0.5, 0.6) is 11.5 Å². The highest BCUT2D eigenvalue weighted by atomic mass is 32.2. The number of nitriles is 1. The highest BCUT2D eigenvalue weighted by molar-refractivity contribution is 7.89. The van der Waals surface area contributed by atoms with Crippen molar-refractivity contribution in [2.24, 2.45) is 0 Å². The molecule has 0 bridgehead atoms. The summed E-state index contributed by atoms with van der Waals surface area (Å²) in [7, 11) is -1.83. The number of ether oxygens (including phenoxy) is 1. The van der Waals surface area contributed by atoms with Crippen LogP contribution in [0.4, 0.5) is 5.69 Å². The monoisotopic (exact) mass is 403 g/mol. The maximum atomic E-state index is 12.8. The van der Waals surface area contributed by atoms with E-state index in [2.05, 4.69) is 0 Å². The van der Waals surface area contributed by atoms with Crippen molar-refractivity contribution < 1.29 is 23.0 Å². The Labute approximate surface area is 162 Å². The molecule has 0 saturated carbocycles. The van der Waals surface area contributed by atoms with Gasteiger partial charge in [-0.1, -0.05) is 0 Å². The number of sulfonamides is 1. The second-order valence-corrected chi connectivity index (χ2v) is 8.42. The highest BCUT2D eigenvalue weighted by Crippen LogP contribution is 2.34. The van der Waals surface area contributed by atoms with E-state index in [4.69, 9.17) is 10.00 Å². The third-order valence-electron chi connectivity index (χ3n) is 4.55. The second kappa shape index (κ2) is 7.93. The second-order valence-electron chi connectivity index (χ2n) is 6.49. The van der Waals surface area contributed by atoms with Crippen LogP contribution in [-0.4, -0.2) is 50.9 Å². The zero-order chi connectivity index (χ0) is 20.3. The van der Waals surface area contributed by atoms with Gasteiger partial charge >= 0.3 is 5.69 Å². The number of nitro groups is 1. The smallest absolute Gasteiger partial charge is 0.312 e. The normalized spacial score (nSPS) is 15.7. The molecule has 0 aromatic heterocycles. The Kier molecular flexibility index (Phi) is 5.60. The molecule has 3 rings (SSSR count). The number of quaternary nitrogens is 1. The van der Waals surface area contributed by atoms with E-state index in [0.717, 1.165) is 6.07 Å². The lowest BCUT2D eigenvalue weighted by Crippen LogP contribution is -3.12. The fourth-order valence-electron chi connectivity index (χ4n) is 2.87. The van der Waals surface area contributed by atoms with Crippen molar-refractivity contribution >= 4 is 15.7 Å². The summed E-state index contributed by atoms with van der Waals surface area (Å²) >= 11 is 0. The third kappa shape index (κ3) is 4.12. The summed E-state index contributed by atoms with van der Waals surface area (Å²) in [6.45, 7) is 2.10. The van der Waals surface area contributed by atoms with Gasteiger partial charge in [-0.2, -0.15) is 9.57 Å². The maximum absolute atomic E-state index is 12.8. The molecule has 0 spiro atoms. The number of rotatable bonds is 5. The summed E-state index contributed by atoms with van der Waals surface area (Å²) in [4.78, 5) is 11.9.